The van der Waals surface area contributed by atoms with Crippen molar-refractivity contribution >= 4 is 10.8 Å². The zero-order valence-electron chi connectivity index (χ0n) is 8.12. The molecule has 0 aliphatic carbocycles. The fourth-order valence-electron chi connectivity index (χ4n) is 1.13. The van der Waals surface area contributed by atoms with Gasteiger partial charge in [-0.05, 0) is 10.8 Å². The number of hydrogen-bond acceptors (Lipinski definition) is 0. The van der Waals surface area contributed by atoms with Gasteiger partial charge in [-0.25, -0.2) is 0 Å². The lowest BCUT2D eigenvalue weighted by Crippen LogP contribution is -1.67. The fraction of sp³-hybridized carbons (Fsp3) is 0.167. The predicted octanol–water partition coefficient (Wildman–Crippen LogP) is 3.04. The van der Waals surface area contributed by atoms with Crippen LogP contribution in [0.5, 0.6) is 0 Å². The highest BCUT2D eigenvalue weighted by atomic mass is 16.0. The first-order valence-corrected chi connectivity index (χ1v) is 4.40. The summed E-state index contributed by atoms with van der Waals surface area (Å²) in [4.78, 5) is 0. The van der Waals surface area contributed by atoms with E-state index in [0.29, 0.717) is 0 Å². The van der Waals surface area contributed by atoms with E-state index in [1.165, 1.54) is 10.8 Å². The summed E-state index contributed by atoms with van der Waals surface area (Å²) in [5.74, 6) is 0. The Labute approximate surface area is 79.3 Å². The lowest BCUT2D eigenvalue weighted by Gasteiger charge is -1.92. The van der Waals surface area contributed by atoms with Crippen molar-refractivity contribution < 1.29 is 5.48 Å². The average Bonchev–Trinajstić information content (AvgIpc) is 2.21. The van der Waals surface area contributed by atoms with Crippen molar-refractivity contribution in [2.45, 2.75) is 13.8 Å². The molecule has 70 valence electrons. The van der Waals surface area contributed by atoms with E-state index in [0.717, 1.165) is 0 Å². The number of fused-ring (bicyclic) bond motifs is 1. The zero-order valence-corrected chi connectivity index (χ0v) is 8.12. The number of hydrogen-bond donors (Lipinski definition) is 0. The molecule has 0 saturated carbocycles. The Morgan fingerprint density at radius 3 is 1.08 bits per heavy atom. The molecule has 0 aliphatic rings. The molecule has 0 fully saturated rings. The summed E-state index contributed by atoms with van der Waals surface area (Å²) in [5.41, 5.74) is 0. The van der Waals surface area contributed by atoms with Crippen LogP contribution in [0.2, 0.25) is 0 Å². The van der Waals surface area contributed by atoms with Crippen LogP contribution in [0, 0.1) is 0 Å². The van der Waals surface area contributed by atoms with Crippen LogP contribution in [0.15, 0.2) is 48.5 Å². The van der Waals surface area contributed by atoms with Crippen molar-refractivity contribution in [3.8, 4) is 0 Å². The predicted molar refractivity (Wildman–Crippen MR) is 58.9 cm³/mol. The second-order valence-electron chi connectivity index (χ2n) is 2.35. The van der Waals surface area contributed by atoms with Crippen LogP contribution < -0.4 is 0 Å². The molecule has 2 aromatic carbocycles. The third kappa shape index (κ3) is 2.88. The summed E-state index contributed by atoms with van der Waals surface area (Å²) in [5, 5.41) is 2.62. The second kappa shape index (κ2) is 6.21. The molecule has 2 aromatic rings. The Balaban J connectivity index is 0.000000451. The van der Waals surface area contributed by atoms with Crippen LogP contribution in [0.1, 0.15) is 13.8 Å². The van der Waals surface area contributed by atoms with Gasteiger partial charge in [-0.15, -0.1) is 0 Å². The molecule has 2 rings (SSSR count). The van der Waals surface area contributed by atoms with E-state index in [1.54, 1.807) is 0 Å². The van der Waals surface area contributed by atoms with Crippen molar-refractivity contribution in [2.24, 2.45) is 0 Å². The van der Waals surface area contributed by atoms with Crippen LogP contribution >= 0.6 is 0 Å². The summed E-state index contributed by atoms with van der Waals surface area (Å²) < 4.78 is 0. The zero-order chi connectivity index (χ0) is 8.81. The molecule has 0 heterocycles. The molecule has 2 N–H and O–H groups in total. The Bertz CT molecular complexity index is 276. The summed E-state index contributed by atoms with van der Waals surface area (Å²) in [6.45, 7) is 4.00. The first kappa shape index (κ1) is 11.7. The molecule has 1 nitrogen and oxygen atoms in total. The van der Waals surface area contributed by atoms with Gasteiger partial charge < -0.3 is 5.48 Å². The molecule has 0 bridgehead atoms. The first-order chi connectivity index (χ1) is 5.97. The molecule has 1 heteroatoms. The topological polar surface area (TPSA) is 31.5 Å². The summed E-state index contributed by atoms with van der Waals surface area (Å²) >= 11 is 0. The highest BCUT2D eigenvalue weighted by Crippen LogP contribution is 2.11. The number of rotatable bonds is 0. The molecule has 0 atom stereocenters. The van der Waals surface area contributed by atoms with Gasteiger partial charge in [-0.3, -0.25) is 0 Å². The fourth-order valence-corrected chi connectivity index (χ4v) is 1.13. The van der Waals surface area contributed by atoms with E-state index in [4.69, 9.17) is 0 Å². The normalized spacial score (nSPS) is 8.15. The third-order valence-electron chi connectivity index (χ3n) is 1.66. The van der Waals surface area contributed by atoms with Crippen LogP contribution in [0.4, 0.5) is 0 Å². The highest BCUT2D eigenvalue weighted by Gasteiger charge is 1.85. The van der Waals surface area contributed by atoms with Crippen molar-refractivity contribution in [3.05, 3.63) is 48.5 Å². The molecular weight excluding hydrogens is 160 g/mol. The molecule has 0 amide bonds. The second-order valence-corrected chi connectivity index (χ2v) is 2.35. The van der Waals surface area contributed by atoms with E-state index in [1.807, 2.05) is 13.8 Å². The summed E-state index contributed by atoms with van der Waals surface area (Å²) in [6, 6.07) is 16.7. The minimum atomic E-state index is 0. The highest BCUT2D eigenvalue weighted by molar-refractivity contribution is 5.81. The monoisotopic (exact) mass is 176 g/mol. The maximum Gasteiger partial charge on any atom is -0.0184 e. The maximum absolute atomic E-state index is 2.12. The van der Waals surface area contributed by atoms with E-state index >= 15 is 0 Å². The number of benzene rings is 2. The largest absolute Gasteiger partial charge is 0.412 e. The standard InChI is InChI=1S/C10H8.C2H6.H2O/c1-2-6-10-8-4-3-7-9(10)5-1;1-2;/h1-8H;1-2H3;1H2. The minimum absolute atomic E-state index is 0. The van der Waals surface area contributed by atoms with Crippen LogP contribution in [-0.2, 0) is 0 Å². The Kier molecular flexibility index (Phi) is 5.57. The molecule has 0 unspecified atom stereocenters. The molecule has 0 saturated heterocycles. The van der Waals surface area contributed by atoms with Crippen molar-refractivity contribution in [1.29, 1.82) is 0 Å². The Morgan fingerprint density at radius 1 is 0.615 bits per heavy atom. The lowest BCUT2D eigenvalue weighted by molar-refractivity contribution is 0.824. The van der Waals surface area contributed by atoms with Gasteiger partial charge >= 0.3 is 0 Å². The van der Waals surface area contributed by atoms with Crippen LogP contribution in [0.25, 0.3) is 10.8 Å². The van der Waals surface area contributed by atoms with Gasteiger partial charge in [0.15, 0.2) is 0 Å². The van der Waals surface area contributed by atoms with Crippen LogP contribution in [0.3, 0.4) is 0 Å². The van der Waals surface area contributed by atoms with Gasteiger partial charge in [0.1, 0.15) is 0 Å². The first-order valence-electron chi connectivity index (χ1n) is 4.40. The minimum Gasteiger partial charge on any atom is -0.412 e. The third-order valence-corrected chi connectivity index (χ3v) is 1.66. The Morgan fingerprint density at radius 2 is 0.846 bits per heavy atom. The van der Waals surface area contributed by atoms with Gasteiger partial charge in [0.05, 0.1) is 0 Å². The van der Waals surface area contributed by atoms with Crippen molar-refractivity contribution in [3.63, 3.8) is 0 Å². The van der Waals surface area contributed by atoms with Gasteiger partial charge in [0.2, 0.25) is 0 Å². The van der Waals surface area contributed by atoms with Gasteiger partial charge in [0.25, 0.3) is 0 Å². The summed E-state index contributed by atoms with van der Waals surface area (Å²) in [6.07, 6.45) is 0. The molecular formula is C12H16O. The van der Waals surface area contributed by atoms with Crippen molar-refractivity contribution in [1.82, 2.24) is 0 Å². The van der Waals surface area contributed by atoms with Crippen molar-refractivity contribution in [2.75, 3.05) is 0 Å². The summed E-state index contributed by atoms with van der Waals surface area (Å²) in [7, 11) is 0. The smallest absolute Gasteiger partial charge is 0.0184 e. The molecule has 13 heavy (non-hydrogen) atoms. The van der Waals surface area contributed by atoms with Gasteiger partial charge in [0, 0.05) is 0 Å². The van der Waals surface area contributed by atoms with E-state index in [2.05, 4.69) is 48.5 Å². The SMILES string of the molecule is CC.O.c1ccc2ccccc2c1. The lowest BCUT2D eigenvalue weighted by atomic mass is 10.1. The molecule has 0 spiro atoms. The molecule has 0 radical (unpaired) electrons. The quantitative estimate of drug-likeness (QED) is 0.591. The molecule has 0 aromatic heterocycles. The van der Waals surface area contributed by atoms with E-state index in [-0.39, 0.29) is 5.48 Å². The van der Waals surface area contributed by atoms with E-state index < -0.39 is 0 Å². The average molecular weight is 176 g/mol. The van der Waals surface area contributed by atoms with E-state index in [9.17, 15) is 0 Å². The maximum atomic E-state index is 2.12. The van der Waals surface area contributed by atoms with Gasteiger partial charge in [-0.1, -0.05) is 62.4 Å². The molecule has 0 aliphatic heterocycles. The van der Waals surface area contributed by atoms with Gasteiger partial charge in [-0.2, -0.15) is 0 Å². The van der Waals surface area contributed by atoms with Crippen LogP contribution in [-0.4, -0.2) is 5.48 Å². The Hall–Kier alpha value is -1.34.